The third kappa shape index (κ3) is 3.38. The van der Waals surface area contributed by atoms with Crippen molar-refractivity contribution < 1.29 is 17.6 Å². The van der Waals surface area contributed by atoms with Crippen molar-refractivity contribution in [1.82, 2.24) is 4.72 Å². The lowest BCUT2D eigenvalue weighted by Gasteiger charge is -2.06. The Labute approximate surface area is 131 Å². The maximum atomic E-state index is 12.0. The van der Waals surface area contributed by atoms with Gasteiger partial charge in [-0.1, -0.05) is 29.3 Å². The number of anilines is 1. The van der Waals surface area contributed by atoms with Crippen LogP contribution in [0.4, 0.5) is 5.69 Å². The molecule has 0 unspecified atom stereocenters. The Morgan fingerprint density at radius 1 is 1.19 bits per heavy atom. The molecule has 1 aromatic heterocycles. The van der Waals surface area contributed by atoms with Gasteiger partial charge in [0.05, 0.1) is 15.7 Å². The molecule has 0 aliphatic heterocycles. The predicted octanol–water partition coefficient (Wildman–Crippen LogP) is 2.75. The molecule has 1 aromatic carbocycles. The summed E-state index contributed by atoms with van der Waals surface area (Å²) in [7, 11) is -2.50. The molecule has 21 heavy (non-hydrogen) atoms. The lowest BCUT2D eigenvalue weighted by molar-refractivity contribution is 0.0991. The minimum absolute atomic E-state index is 0.167. The molecule has 0 atom stereocenters. The van der Waals surface area contributed by atoms with Crippen molar-refractivity contribution in [2.75, 3.05) is 12.4 Å². The minimum atomic E-state index is -3.74. The van der Waals surface area contributed by atoms with E-state index < -0.39 is 15.9 Å². The number of furan rings is 1. The molecule has 0 radical (unpaired) electrons. The second kappa shape index (κ2) is 6.07. The Bertz CT molecular complexity index is 786. The Hall–Kier alpha value is -1.54. The lowest BCUT2D eigenvalue weighted by Crippen LogP contribution is -2.18. The standard InChI is InChI=1S/C12H10Cl2N2O4S/c1-15-21(18,19)10-6-5-9(20-10)12(17)16-8-4-2-3-7(13)11(8)14/h2-6,15H,1H3,(H,16,17). The largest absolute Gasteiger partial charge is 0.438 e. The monoisotopic (exact) mass is 348 g/mol. The van der Waals surface area contributed by atoms with Gasteiger partial charge in [0, 0.05) is 0 Å². The molecule has 9 heteroatoms. The van der Waals surface area contributed by atoms with Gasteiger partial charge in [-0.15, -0.1) is 0 Å². The maximum absolute atomic E-state index is 12.0. The van der Waals surface area contributed by atoms with E-state index in [1.807, 2.05) is 0 Å². The molecule has 0 aliphatic rings. The number of rotatable bonds is 4. The average Bonchev–Trinajstić information content (AvgIpc) is 2.94. The highest BCUT2D eigenvalue weighted by Gasteiger charge is 2.20. The smallest absolute Gasteiger partial charge is 0.291 e. The zero-order valence-corrected chi connectivity index (χ0v) is 13.0. The molecule has 0 aliphatic carbocycles. The van der Waals surface area contributed by atoms with Crippen LogP contribution in [0.15, 0.2) is 39.8 Å². The molecule has 2 aromatic rings. The number of hydrogen-bond donors (Lipinski definition) is 2. The molecule has 0 saturated heterocycles. The number of nitrogens with one attached hydrogen (secondary N) is 2. The second-order valence-corrected chi connectivity index (χ2v) is 6.48. The summed E-state index contributed by atoms with van der Waals surface area (Å²) < 4.78 is 30.1. The van der Waals surface area contributed by atoms with E-state index in [-0.39, 0.29) is 20.9 Å². The van der Waals surface area contributed by atoms with Crippen LogP contribution in [0.5, 0.6) is 0 Å². The number of sulfonamides is 1. The molecule has 0 fully saturated rings. The van der Waals surface area contributed by atoms with Gasteiger partial charge in [0.15, 0.2) is 5.76 Å². The summed E-state index contributed by atoms with van der Waals surface area (Å²) in [6.45, 7) is 0. The third-order valence-electron chi connectivity index (χ3n) is 2.54. The van der Waals surface area contributed by atoms with Crippen molar-refractivity contribution in [3.63, 3.8) is 0 Å². The van der Waals surface area contributed by atoms with Crippen LogP contribution in [0.2, 0.25) is 10.0 Å². The summed E-state index contributed by atoms with van der Waals surface area (Å²) in [4.78, 5) is 12.0. The molecule has 1 heterocycles. The van der Waals surface area contributed by atoms with Crippen molar-refractivity contribution in [3.05, 3.63) is 46.1 Å². The van der Waals surface area contributed by atoms with Gasteiger partial charge in [-0.25, -0.2) is 13.1 Å². The summed E-state index contributed by atoms with van der Waals surface area (Å²) >= 11 is 11.8. The third-order valence-corrected chi connectivity index (χ3v) is 4.64. The number of carbonyl (C=O) groups excluding carboxylic acids is 1. The SMILES string of the molecule is CNS(=O)(=O)c1ccc(C(=O)Nc2cccc(Cl)c2Cl)o1. The lowest BCUT2D eigenvalue weighted by atomic mass is 10.3. The van der Waals surface area contributed by atoms with E-state index in [0.717, 1.165) is 0 Å². The van der Waals surface area contributed by atoms with Crippen molar-refractivity contribution in [2.24, 2.45) is 0 Å². The van der Waals surface area contributed by atoms with Crippen LogP contribution >= 0.6 is 23.2 Å². The van der Waals surface area contributed by atoms with Crippen molar-refractivity contribution >= 4 is 44.8 Å². The van der Waals surface area contributed by atoms with Crippen LogP contribution in [0, 0.1) is 0 Å². The molecular formula is C12H10Cl2N2O4S. The Morgan fingerprint density at radius 2 is 1.90 bits per heavy atom. The zero-order chi connectivity index (χ0) is 15.6. The van der Waals surface area contributed by atoms with Crippen molar-refractivity contribution in [1.29, 1.82) is 0 Å². The van der Waals surface area contributed by atoms with E-state index in [1.54, 1.807) is 18.2 Å². The maximum Gasteiger partial charge on any atom is 0.291 e. The Balaban J connectivity index is 2.24. The summed E-state index contributed by atoms with van der Waals surface area (Å²) in [5, 5.41) is 2.60. The van der Waals surface area contributed by atoms with Crippen LogP contribution in [-0.2, 0) is 10.0 Å². The molecule has 2 rings (SSSR count). The highest BCUT2D eigenvalue weighted by molar-refractivity contribution is 7.89. The number of hydrogen-bond acceptors (Lipinski definition) is 4. The van der Waals surface area contributed by atoms with E-state index >= 15 is 0 Å². The topological polar surface area (TPSA) is 88.4 Å². The van der Waals surface area contributed by atoms with Gasteiger partial charge in [0.2, 0.25) is 5.09 Å². The summed E-state index contributed by atoms with van der Waals surface area (Å²) in [6, 6.07) is 7.17. The highest BCUT2D eigenvalue weighted by atomic mass is 35.5. The summed E-state index contributed by atoms with van der Waals surface area (Å²) in [6.07, 6.45) is 0. The van der Waals surface area contributed by atoms with Gasteiger partial charge < -0.3 is 9.73 Å². The van der Waals surface area contributed by atoms with E-state index in [0.29, 0.717) is 5.69 Å². The molecule has 0 spiro atoms. The van der Waals surface area contributed by atoms with E-state index in [1.165, 1.54) is 19.2 Å². The molecule has 2 N–H and O–H groups in total. The van der Waals surface area contributed by atoms with E-state index in [2.05, 4.69) is 10.0 Å². The molecule has 1 amide bonds. The number of amides is 1. The first-order valence-electron chi connectivity index (χ1n) is 5.64. The van der Waals surface area contributed by atoms with Crippen LogP contribution in [0.1, 0.15) is 10.6 Å². The van der Waals surface area contributed by atoms with Gasteiger partial charge in [0.1, 0.15) is 0 Å². The summed E-state index contributed by atoms with van der Waals surface area (Å²) in [5.74, 6) is -0.809. The Morgan fingerprint density at radius 3 is 2.57 bits per heavy atom. The molecular weight excluding hydrogens is 339 g/mol. The predicted molar refractivity (Wildman–Crippen MR) is 79.4 cm³/mol. The van der Waals surface area contributed by atoms with Gasteiger partial charge >= 0.3 is 0 Å². The first-order valence-corrected chi connectivity index (χ1v) is 7.88. The normalized spacial score (nSPS) is 11.4. The number of benzene rings is 1. The van der Waals surface area contributed by atoms with Crippen LogP contribution in [0.25, 0.3) is 0 Å². The zero-order valence-electron chi connectivity index (χ0n) is 10.7. The van der Waals surface area contributed by atoms with Crippen molar-refractivity contribution in [3.8, 4) is 0 Å². The fourth-order valence-corrected chi connectivity index (χ4v) is 2.47. The minimum Gasteiger partial charge on any atom is -0.438 e. The number of halogens is 2. The van der Waals surface area contributed by atoms with Crippen LogP contribution in [-0.4, -0.2) is 21.4 Å². The van der Waals surface area contributed by atoms with Crippen molar-refractivity contribution in [2.45, 2.75) is 5.09 Å². The quantitative estimate of drug-likeness (QED) is 0.888. The first kappa shape index (κ1) is 15.8. The van der Waals surface area contributed by atoms with Crippen LogP contribution < -0.4 is 10.0 Å². The molecule has 112 valence electrons. The molecule has 0 bridgehead atoms. The fourth-order valence-electron chi connectivity index (χ4n) is 1.47. The second-order valence-electron chi connectivity index (χ2n) is 3.88. The fraction of sp³-hybridized carbons (Fsp3) is 0.0833. The van der Waals surface area contributed by atoms with E-state index in [9.17, 15) is 13.2 Å². The molecule has 0 saturated carbocycles. The van der Waals surface area contributed by atoms with Gasteiger partial charge in [-0.3, -0.25) is 4.79 Å². The highest BCUT2D eigenvalue weighted by Crippen LogP contribution is 2.30. The van der Waals surface area contributed by atoms with Gasteiger partial charge in [0.25, 0.3) is 15.9 Å². The van der Waals surface area contributed by atoms with E-state index in [4.69, 9.17) is 27.6 Å². The Kier molecular flexibility index (Phi) is 4.58. The van der Waals surface area contributed by atoms with Gasteiger partial charge in [-0.2, -0.15) is 0 Å². The summed E-state index contributed by atoms with van der Waals surface area (Å²) in [5.41, 5.74) is 0.295. The first-order chi connectivity index (χ1) is 9.85. The van der Waals surface area contributed by atoms with Crippen LogP contribution in [0.3, 0.4) is 0 Å². The average molecular weight is 349 g/mol. The molecule has 6 nitrogen and oxygen atoms in total. The van der Waals surface area contributed by atoms with Gasteiger partial charge in [-0.05, 0) is 31.3 Å². The number of carbonyl (C=O) groups is 1.